The van der Waals surface area contributed by atoms with Crippen molar-refractivity contribution in [2.24, 2.45) is 0 Å². The third kappa shape index (κ3) is 7.33. The molecule has 0 aliphatic carbocycles. The van der Waals surface area contributed by atoms with Crippen molar-refractivity contribution >= 4 is 58.0 Å². The first-order chi connectivity index (χ1) is 20.1. The third-order valence-electron chi connectivity index (χ3n) is 8.11. The first-order valence-corrected chi connectivity index (χ1v) is 15.1. The van der Waals surface area contributed by atoms with Gasteiger partial charge in [0, 0.05) is 75.9 Å². The number of hydrogen-bond donors (Lipinski definition) is 1. The quantitative estimate of drug-likeness (QED) is 0.296. The number of hydrogen-bond acceptors (Lipinski definition) is 8. The summed E-state index contributed by atoms with van der Waals surface area (Å²) in [5.41, 5.74) is 3.05. The molecule has 230 valence electrons. The van der Waals surface area contributed by atoms with Crippen molar-refractivity contribution < 1.29 is 9.53 Å². The summed E-state index contributed by atoms with van der Waals surface area (Å²) in [7, 11) is 1.72. The molecule has 4 heterocycles. The number of nitrogens with zero attached hydrogens (tertiary/aromatic N) is 5. The highest BCUT2D eigenvalue weighted by molar-refractivity contribution is 7.18. The monoisotopic (exact) mass is 644 g/mol. The van der Waals surface area contributed by atoms with Crippen molar-refractivity contribution in [3.63, 3.8) is 0 Å². The van der Waals surface area contributed by atoms with Crippen LogP contribution in [0.5, 0.6) is 5.75 Å². The Morgan fingerprint density at radius 1 is 0.930 bits per heavy atom. The summed E-state index contributed by atoms with van der Waals surface area (Å²) in [6.45, 7) is 8.21. The number of nitrogens with one attached hydrogen (secondary N) is 1. The summed E-state index contributed by atoms with van der Waals surface area (Å²) in [4.78, 5) is 39.7. The van der Waals surface area contributed by atoms with Gasteiger partial charge in [-0.1, -0.05) is 30.3 Å². The van der Waals surface area contributed by atoms with Crippen LogP contribution in [0.2, 0.25) is 0 Å². The molecule has 0 radical (unpaired) electrons. The first kappa shape index (κ1) is 32.8. The second kappa shape index (κ2) is 15.0. The van der Waals surface area contributed by atoms with Crippen molar-refractivity contribution in [2.45, 2.75) is 19.5 Å². The number of fused-ring (bicyclic) bond motifs is 3. The molecule has 2 aromatic carbocycles. The second-order valence-corrected chi connectivity index (χ2v) is 11.7. The van der Waals surface area contributed by atoms with Crippen LogP contribution in [-0.2, 0) is 19.5 Å². The van der Waals surface area contributed by atoms with Crippen molar-refractivity contribution in [1.29, 1.82) is 0 Å². The zero-order valence-corrected chi connectivity index (χ0v) is 26.7. The van der Waals surface area contributed by atoms with Crippen molar-refractivity contribution in [3.05, 3.63) is 87.3 Å². The summed E-state index contributed by atoms with van der Waals surface area (Å²) < 4.78 is 7.33. The molecule has 1 fully saturated rings. The fourth-order valence-electron chi connectivity index (χ4n) is 5.79. The topological polar surface area (TPSA) is 82.9 Å². The fraction of sp³-hybridized carbons (Fsp3) is 0.387. The Bertz CT molecular complexity index is 1570. The number of carbonyl (C=O) groups excluding carboxylic acids is 1. The van der Waals surface area contributed by atoms with Gasteiger partial charge in [-0.25, -0.2) is 4.98 Å². The predicted octanol–water partition coefficient (Wildman–Crippen LogP) is 3.92. The molecule has 2 aliphatic rings. The maximum Gasteiger partial charge on any atom is 0.262 e. The number of methoxy groups -OCH3 is 1. The molecule has 0 spiro atoms. The zero-order valence-electron chi connectivity index (χ0n) is 24.2. The molecule has 1 saturated heterocycles. The van der Waals surface area contributed by atoms with Crippen LogP contribution in [0.1, 0.15) is 20.8 Å². The highest BCUT2D eigenvalue weighted by atomic mass is 35.5. The molecule has 1 amide bonds. The van der Waals surface area contributed by atoms with E-state index >= 15 is 0 Å². The molecule has 1 N–H and O–H groups in total. The maximum absolute atomic E-state index is 13.5. The van der Waals surface area contributed by atoms with Crippen LogP contribution in [0.3, 0.4) is 0 Å². The van der Waals surface area contributed by atoms with Gasteiger partial charge in [-0.3, -0.25) is 24.0 Å². The number of halogens is 2. The van der Waals surface area contributed by atoms with E-state index in [0.29, 0.717) is 18.7 Å². The number of benzene rings is 2. The molecular formula is C31H38Cl2N6O3S. The minimum absolute atomic E-state index is 0. The maximum atomic E-state index is 13.5. The van der Waals surface area contributed by atoms with Crippen LogP contribution in [-0.4, -0.2) is 84.7 Å². The number of aromatic nitrogens is 2. The zero-order chi connectivity index (χ0) is 28.2. The Balaban J connectivity index is 0.00000212. The molecule has 0 unspecified atom stereocenters. The predicted molar refractivity (Wildman–Crippen MR) is 178 cm³/mol. The van der Waals surface area contributed by atoms with E-state index in [1.807, 2.05) is 48.5 Å². The van der Waals surface area contributed by atoms with Gasteiger partial charge in [0.1, 0.15) is 10.6 Å². The molecule has 43 heavy (non-hydrogen) atoms. The minimum atomic E-state index is -0.0479. The van der Waals surface area contributed by atoms with E-state index in [4.69, 9.17) is 9.72 Å². The van der Waals surface area contributed by atoms with Crippen LogP contribution < -0.4 is 20.5 Å². The number of ether oxygens (including phenoxy) is 1. The smallest absolute Gasteiger partial charge is 0.262 e. The average Bonchev–Trinajstić information content (AvgIpc) is 3.40. The highest BCUT2D eigenvalue weighted by Crippen LogP contribution is 2.32. The fourth-order valence-corrected chi connectivity index (χ4v) is 7.01. The molecule has 0 atom stereocenters. The van der Waals surface area contributed by atoms with E-state index < -0.39 is 0 Å². The minimum Gasteiger partial charge on any atom is -0.495 e. The van der Waals surface area contributed by atoms with Gasteiger partial charge < -0.3 is 15.0 Å². The Morgan fingerprint density at radius 2 is 1.67 bits per heavy atom. The van der Waals surface area contributed by atoms with Gasteiger partial charge in [-0.05, 0) is 36.2 Å². The Morgan fingerprint density at radius 3 is 2.44 bits per heavy atom. The second-order valence-electron chi connectivity index (χ2n) is 10.6. The number of anilines is 1. The Kier molecular flexibility index (Phi) is 11.5. The number of rotatable bonds is 9. The summed E-state index contributed by atoms with van der Waals surface area (Å²) in [5, 5.41) is 3.81. The van der Waals surface area contributed by atoms with Gasteiger partial charge in [-0.2, -0.15) is 0 Å². The van der Waals surface area contributed by atoms with Crippen LogP contribution in [0, 0.1) is 0 Å². The largest absolute Gasteiger partial charge is 0.495 e. The lowest BCUT2D eigenvalue weighted by Gasteiger charge is -2.36. The van der Waals surface area contributed by atoms with E-state index in [1.54, 1.807) is 29.3 Å². The van der Waals surface area contributed by atoms with E-state index in [2.05, 4.69) is 26.1 Å². The van der Waals surface area contributed by atoms with Crippen molar-refractivity contribution in [2.75, 3.05) is 64.4 Å². The van der Waals surface area contributed by atoms with Crippen LogP contribution >= 0.6 is 36.2 Å². The Labute approximate surface area is 268 Å². The van der Waals surface area contributed by atoms with Gasteiger partial charge in [0.2, 0.25) is 0 Å². The lowest BCUT2D eigenvalue weighted by molar-refractivity contribution is 0.0947. The highest BCUT2D eigenvalue weighted by Gasteiger charge is 2.24. The van der Waals surface area contributed by atoms with E-state index in [-0.39, 0.29) is 36.3 Å². The Hall–Kier alpha value is -3.15. The molecular weight excluding hydrogens is 607 g/mol. The molecule has 12 heteroatoms. The molecule has 0 saturated carbocycles. The van der Waals surface area contributed by atoms with Gasteiger partial charge in [0.05, 0.1) is 24.5 Å². The van der Waals surface area contributed by atoms with Gasteiger partial charge in [0.25, 0.3) is 11.5 Å². The lowest BCUT2D eigenvalue weighted by atomic mass is 10.1. The van der Waals surface area contributed by atoms with Crippen LogP contribution in [0.4, 0.5) is 5.69 Å². The van der Waals surface area contributed by atoms with E-state index in [9.17, 15) is 9.59 Å². The SMILES string of the molecule is COc1ccccc1N1CCN(CCn2cnc3sc4c(c3c2=O)CCN(CCNC(=O)c2ccccc2)C4)CC1.Cl.Cl. The van der Waals surface area contributed by atoms with Crippen LogP contribution in [0.25, 0.3) is 10.2 Å². The molecule has 6 rings (SSSR count). The number of para-hydroxylation sites is 2. The van der Waals surface area contributed by atoms with Crippen LogP contribution in [0.15, 0.2) is 65.7 Å². The van der Waals surface area contributed by atoms with Gasteiger partial charge in [-0.15, -0.1) is 36.2 Å². The van der Waals surface area contributed by atoms with Gasteiger partial charge in [0.15, 0.2) is 0 Å². The number of thiophene rings is 1. The summed E-state index contributed by atoms with van der Waals surface area (Å²) in [6, 6.07) is 17.5. The van der Waals surface area contributed by atoms with Gasteiger partial charge >= 0.3 is 0 Å². The standard InChI is InChI=1S/C31H36N6O3S.2ClH/c1-40-26-10-6-5-9-25(26)36-18-15-34(16-19-36)17-20-37-22-33-30-28(31(37)39)24-11-13-35(21-27(24)41-30)14-12-32-29(38)23-7-3-2-4-8-23;;/h2-10,22H,11-21H2,1H3,(H,32,38);2*1H. The third-order valence-corrected chi connectivity index (χ3v) is 9.24. The van der Waals surface area contributed by atoms with E-state index in [1.165, 1.54) is 4.88 Å². The summed E-state index contributed by atoms with van der Waals surface area (Å²) >= 11 is 1.63. The normalized spacial score (nSPS) is 15.3. The van der Waals surface area contributed by atoms with Crippen molar-refractivity contribution in [3.8, 4) is 5.75 Å². The molecule has 0 bridgehead atoms. The molecule has 4 aromatic rings. The van der Waals surface area contributed by atoms with E-state index in [0.717, 1.165) is 86.0 Å². The number of piperazine rings is 1. The molecule has 2 aromatic heterocycles. The average molecular weight is 646 g/mol. The number of carbonyl (C=O) groups is 1. The lowest BCUT2D eigenvalue weighted by Crippen LogP contribution is -2.47. The number of amides is 1. The molecule has 2 aliphatic heterocycles. The first-order valence-electron chi connectivity index (χ1n) is 14.3. The summed E-state index contributed by atoms with van der Waals surface area (Å²) in [5.74, 6) is 0.858. The molecule has 9 nitrogen and oxygen atoms in total. The van der Waals surface area contributed by atoms with Crippen molar-refractivity contribution in [1.82, 2.24) is 24.7 Å². The summed E-state index contributed by atoms with van der Waals surface area (Å²) in [6.07, 6.45) is 2.54.